The standard InChI is InChI=1S/C17H18BrNO/c1-11-8-9-12(18)10-14(11)19-16-13-6-4-5-7-15(13)20-17(16,2)3/h4-10,16,19H,1-3H3. The van der Waals surface area contributed by atoms with Crippen LogP contribution in [-0.2, 0) is 0 Å². The van der Waals surface area contributed by atoms with Crippen molar-refractivity contribution in [2.75, 3.05) is 5.32 Å². The highest BCUT2D eigenvalue weighted by molar-refractivity contribution is 9.10. The predicted octanol–water partition coefficient (Wildman–Crippen LogP) is 5.08. The number of aryl methyl sites for hydroxylation is 1. The Balaban J connectivity index is 1.99. The van der Waals surface area contributed by atoms with Crippen LogP contribution in [0, 0.1) is 6.92 Å². The maximum Gasteiger partial charge on any atom is 0.128 e. The summed E-state index contributed by atoms with van der Waals surface area (Å²) < 4.78 is 7.15. The van der Waals surface area contributed by atoms with Crippen LogP contribution in [-0.4, -0.2) is 5.60 Å². The zero-order chi connectivity index (χ0) is 14.3. The lowest BCUT2D eigenvalue weighted by Gasteiger charge is -2.28. The molecular weight excluding hydrogens is 314 g/mol. The van der Waals surface area contributed by atoms with Crippen molar-refractivity contribution in [1.82, 2.24) is 0 Å². The van der Waals surface area contributed by atoms with Crippen molar-refractivity contribution in [1.29, 1.82) is 0 Å². The van der Waals surface area contributed by atoms with Crippen LogP contribution in [0.1, 0.15) is 31.0 Å². The zero-order valence-corrected chi connectivity index (χ0v) is 13.5. The third-order valence-electron chi connectivity index (χ3n) is 3.80. The molecule has 2 nitrogen and oxygen atoms in total. The molecule has 0 saturated carbocycles. The van der Waals surface area contributed by atoms with Gasteiger partial charge in [0, 0.05) is 15.7 Å². The van der Waals surface area contributed by atoms with Crippen LogP contribution in [0.2, 0.25) is 0 Å². The second kappa shape index (κ2) is 4.81. The van der Waals surface area contributed by atoms with Crippen LogP contribution in [0.4, 0.5) is 5.69 Å². The second-order valence-electron chi connectivity index (χ2n) is 5.78. The summed E-state index contributed by atoms with van der Waals surface area (Å²) in [6, 6.07) is 14.7. The quantitative estimate of drug-likeness (QED) is 0.828. The van der Waals surface area contributed by atoms with Crippen LogP contribution in [0.5, 0.6) is 5.75 Å². The van der Waals surface area contributed by atoms with E-state index in [2.05, 4.69) is 72.3 Å². The van der Waals surface area contributed by atoms with Gasteiger partial charge in [-0.2, -0.15) is 0 Å². The number of benzene rings is 2. The molecule has 3 rings (SSSR count). The van der Waals surface area contributed by atoms with Crippen LogP contribution < -0.4 is 10.1 Å². The Morgan fingerprint density at radius 2 is 1.90 bits per heavy atom. The average Bonchev–Trinajstić information content (AvgIpc) is 2.65. The SMILES string of the molecule is Cc1ccc(Br)cc1NC1c2ccccc2OC1(C)C. The number of rotatable bonds is 2. The summed E-state index contributed by atoms with van der Waals surface area (Å²) >= 11 is 3.53. The van der Waals surface area contributed by atoms with Crippen LogP contribution in [0.25, 0.3) is 0 Å². The van der Waals surface area contributed by atoms with Gasteiger partial charge in [0.1, 0.15) is 11.4 Å². The molecule has 0 fully saturated rings. The molecule has 20 heavy (non-hydrogen) atoms. The third kappa shape index (κ3) is 2.31. The Kier molecular flexibility index (Phi) is 3.25. The highest BCUT2D eigenvalue weighted by atomic mass is 79.9. The van der Waals surface area contributed by atoms with Gasteiger partial charge in [-0.05, 0) is 44.5 Å². The first kappa shape index (κ1) is 13.5. The molecule has 3 heteroatoms. The Morgan fingerprint density at radius 1 is 1.15 bits per heavy atom. The first-order valence-electron chi connectivity index (χ1n) is 6.78. The predicted molar refractivity (Wildman–Crippen MR) is 86.4 cm³/mol. The molecule has 0 amide bonds. The topological polar surface area (TPSA) is 21.3 Å². The van der Waals surface area contributed by atoms with Gasteiger partial charge < -0.3 is 10.1 Å². The highest BCUT2D eigenvalue weighted by Gasteiger charge is 2.41. The Morgan fingerprint density at radius 3 is 2.70 bits per heavy atom. The molecule has 1 N–H and O–H groups in total. The van der Waals surface area contributed by atoms with Gasteiger partial charge in [-0.15, -0.1) is 0 Å². The van der Waals surface area contributed by atoms with Crippen LogP contribution in [0.15, 0.2) is 46.9 Å². The van der Waals surface area contributed by atoms with E-state index in [1.54, 1.807) is 0 Å². The molecule has 0 spiro atoms. The molecule has 0 aromatic heterocycles. The largest absolute Gasteiger partial charge is 0.485 e. The monoisotopic (exact) mass is 331 g/mol. The third-order valence-corrected chi connectivity index (χ3v) is 4.29. The minimum Gasteiger partial charge on any atom is -0.485 e. The van der Waals surface area contributed by atoms with E-state index in [1.807, 2.05) is 12.1 Å². The number of ether oxygens (including phenoxy) is 1. The molecule has 1 aliphatic rings. The van der Waals surface area contributed by atoms with Gasteiger partial charge in [0.05, 0.1) is 6.04 Å². The van der Waals surface area contributed by atoms with E-state index in [0.717, 1.165) is 15.9 Å². The molecule has 1 atom stereocenters. The van der Waals surface area contributed by atoms with Gasteiger partial charge in [-0.3, -0.25) is 0 Å². The van der Waals surface area contributed by atoms with Crippen molar-refractivity contribution in [3.8, 4) is 5.75 Å². The van der Waals surface area contributed by atoms with Gasteiger partial charge in [-0.1, -0.05) is 40.2 Å². The molecule has 0 bridgehead atoms. The molecule has 0 radical (unpaired) electrons. The van der Waals surface area contributed by atoms with Crippen LogP contribution >= 0.6 is 15.9 Å². The van der Waals surface area contributed by atoms with E-state index >= 15 is 0 Å². The lowest BCUT2D eigenvalue weighted by molar-refractivity contribution is 0.118. The number of hydrogen-bond acceptors (Lipinski definition) is 2. The summed E-state index contributed by atoms with van der Waals surface area (Å²) in [5.74, 6) is 0.975. The van der Waals surface area contributed by atoms with Crippen molar-refractivity contribution in [3.05, 3.63) is 58.1 Å². The molecule has 1 unspecified atom stereocenters. The van der Waals surface area contributed by atoms with Crippen molar-refractivity contribution in [3.63, 3.8) is 0 Å². The van der Waals surface area contributed by atoms with Crippen molar-refractivity contribution < 1.29 is 4.74 Å². The van der Waals surface area contributed by atoms with E-state index in [1.165, 1.54) is 11.1 Å². The molecule has 1 heterocycles. The lowest BCUT2D eigenvalue weighted by atomic mass is 9.94. The van der Waals surface area contributed by atoms with E-state index in [9.17, 15) is 0 Å². The number of anilines is 1. The summed E-state index contributed by atoms with van der Waals surface area (Å²) in [7, 11) is 0. The first-order chi connectivity index (χ1) is 9.47. The Hall–Kier alpha value is -1.48. The molecule has 104 valence electrons. The zero-order valence-electron chi connectivity index (χ0n) is 11.9. The van der Waals surface area contributed by atoms with Crippen molar-refractivity contribution >= 4 is 21.6 Å². The molecular formula is C17H18BrNO. The van der Waals surface area contributed by atoms with Crippen molar-refractivity contribution in [2.45, 2.75) is 32.4 Å². The summed E-state index contributed by atoms with van der Waals surface area (Å²) in [6.07, 6.45) is 0. The summed E-state index contributed by atoms with van der Waals surface area (Å²) in [5, 5.41) is 3.64. The van der Waals surface area contributed by atoms with Gasteiger partial charge in [-0.25, -0.2) is 0 Å². The molecule has 0 saturated heterocycles. The number of hydrogen-bond donors (Lipinski definition) is 1. The first-order valence-corrected chi connectivity index (χ1v) is 7.57. The number of halogens is 1. The minimum absolute atomic E-state index is 0.145. The maximum absolute atomic E-state index is 6.07. The fourth-order valence-corrected chi connectivity index (χ4v) is 3.05. The van der Waals surface area contributed by atoms with Crippen molar-refractivity contribution in [2.24, 2.45) is 0 Å². The summed E-state index contributed by atoms with van der Waals surface area (Å²) in [6.45, 7) is 6.36. The molecule has 1 aliphatic heterocycles. The minimum atomic E-state index is -0.265. The Bertz CT molecular complexity index is 651. The summed E-state index contributed by atoms with van der Waals surface area (Å²) in [5.41, 5.74) is 3.32. The van der Waals surface area contributed by atoms with Gasteiger partial charge in [0.15, 0.2) is 0 Å². The highest BCUT2D eigenvalue weighted by Crippen LogP contribution is 2.44. The van der Waals surface area contributed by atoms with E-state index in [0.29, 0.717) is 0 Å². The number of nitrogens with one attached hydrogen (secondary N) is 1. The number of fused-ring (bicyclic) bond motifs is 1. The molecule has 2 aromatic carbocycles. The Labute approximate surface area is 128 Å². The average molecular weight is 332 g/mol. The van der Waals surface area contributed by atoms with E-state index in [4.69, 9.17) is 4.74 Å². The smallest absolute Gasteiger partial charge is 0.128 e. The van der Waals surface area contributed by atoms with Gasteiger partial charge in [0.2, 0.25) is 0 Å². The number of para-hydroxylation sites is 1. The second-order valence-corrected chi connectivity index (χ2v) is 6.70. The maximum atomic E-state index is 6.07. The fraction of sp³-hybridized carbons (Fsp3) is 0.294. The fourth-order valence-electron chi connectivity index (χ4n) is 2.69. The lowest BCUT2D eigenvalue weighted by Crippen LogP contribution is -2.34. The van der Waals surface area contributed by atoms with Gasteiger partial charge in [0.25, 0.3) is 0 Å². The van der Waals surface area contributed by atoms with E-state index in [-0.39, 0.29) is 11.6 Å². The molecule has 0 aliphatic carbocycles. The van der Waals surface area contributed by atoms with Gasteiger partial charge >= 0.3 is 0 Å². The van der Waals surface area contributed by atoms with Crippen LogP contribution in [0.3, 0.4) is 0 Å². The summed E-state index contributed by atoms with van der Waals surface area (Å²) in [4.78, 5) is 0. The normalized spacial score (nSPS) is 19.3. The van der Waals surface area contributed by atoms with E-state index < -0.39 is 0 Å². The molecule has 2 aromatic rings.